The molecule has 2 rings (SSSR count). The van der Waals surface area contributed by atoms with Gasteiger partial charge in [-0.2, -0.15) is 0 Å². The molecule has 1 amide bonds. The van der Waals surface area contributed by atoms with Gasteiger partial charge in [-0.3, -0.25) is 4.79 Å². The van der Waals surface area contributed by atoms with Crippen LogP contribution in [-0.4, -0.2) is 23.0 Å². The number of hydrogen-bond acceptors (Lipinski definition) is 4. The largest absolute Gasteiger partial charge is 0.508 e. The van der Waals surface area contributed by atoms with Crippen LogP contribution in [0.25, 0.3) is 0 Å². The summed E-state index contributed by atoms with van der Waals surface area (Å²) in [6, 6.07) is 9.62. The van der Waals surface area contributed by atoms with Gasteiger partial charge >= 0.3 is 0 Å². The lowest BCUT2D eigenvalue weighted by atomic mass is 10.2. The van der Waals surface area contributed by atoms with E-state index in [1.165, 1.54) is 23.2 Å². The van der Waals surface area contributed by atoms with E-state index in [2.05, 4.69) is 4.98 Å². The molecule has 0 aliphatic carbocycles. The molecule has 1 aromatic heterocycles. The summed E-state index contributed by atoms with van der Waals surface area (Å²) in [7, 11) is 1.63. The summed E-state index contributed by atoms with van der Waals surface area (Å²) in [6.07, 6.45) is 1.52. The minimum absolute atomic E-state index is 0.150. The molecule has 92 valence electrons. The molecule has 0 radical (unpaired) electrons. The zero-order chi connectivity index (χ0) is 13.1. The van der Waals surface area contributed by atoms with Crippen LogP contribution in [0.15, 0.2) is 42.6 Å². The lowest BCUT2D eigenvalue weighted by Crippen LogP contribution is -2.27. The minimum Gasteiger partial charge on any atom is -0.508 e. The number of aromatic hydroxyl groups is 1. The number of anilines is 2. The lowest BCUT2D eigenvalue weighted by molar-refractivity contribution is 0.0989. The van der Waals surface area contributed by atoms with E-state index in [4.69, 9.17) is 5.73 Å². The summed E-state index contributed by atoms with van der Waals surface area (Å²) < 4.78 is 0. The smallest absolute Gasteiger partial charge is 0.278 e. The number of aromatic nitrogens is 1. The zero-order valence-electron chi connectivity index (χ0n) is 9.87. The Morgan fingerprint density at radius 2 is 1.94 bits per heavy atom. The van der Waals surface area contributed by atoms with Crippen molar-refractivity contribution in [1.29, 1.82) is 0 Å². The highest BCUT2D eigenvalue weighted by Gasteiger charge is 2.17. The average Bonchev–Trinajstić information content (AvgIpc) is 2.38. The topological polar surface area (TPSA) is 79.5 Å². The second kappa shape index (κ2) is 4.75. The molecule has 5 nitrogen and oxygen atoms in total. The van der Waals surface area contributed by atoms with Crippen LogP contribution in [0, 0.1) is 0 Å². The minimum atomic E-state index is -0.293. The Morgan fingerprint density at radius 3 is 2.56 bits per heavy atom. The molecule has 0 aliphatic rings. The highest BCUT2D eigenvalue weighted by atomic mass is 16.3. The van der Waals surface area contributed by atoms with E-state index in [0.29, 0.717) is 11.4 Å². The van der Waals surface area contributed by atoms with Crippen molar-refractivity contribution >= 4 is 17.3 Å². The summed E-state index contributed by atoms with van der Waals surface area (Å²) in [4.78, 5) is 17.6. The molecule has 5 heteroatoms. The number of benzene rings is 1. The Labute approximate surface area is 104 Å². The van der Waals surface area contributed by atoms with Gasteiger partial charge in [-0.1, -0.05) is 0 Å². The van der Waals surface area contributed by atoms with E-state index in [-0.39, 0.29) is 17.4 Å². The molecule has 18 heavy (non-hydrogen) atoms. The van der Waals surface area contributed by atoms with E-state index >= 15 is 0 Å². The third kappa shape index (κ3) is 2.24. The number of carbonyl (C=O) groups excluding carboxylic acids is 1. The third-order valence-corrected chi connectivity index (χ3v) is 2.58. The summed E-state index contributed by atoms with van der Waals surface area (Å²) in [6.45, 7) is 0. The molecule has 2 aromatic rings. The van der Waals surface area contributed by atoms with Gasteiger partial charge in [-0.15, -0.1) is 0 Å². The van der Waals surface area contributed by atoms with Gasteiger partial charge in [0, 0.05) is 18.9 Å². The Kier molecular flexibility index (Phi) is 3.14. The van der Waals surface area contributed by atoms with Crippen molar-refractivity contribution in [3.63, 3.8) is 0 Å². The quantitative estimate of drug-likeness (QED) is 0.840. The van der Waals surface area contributed by atoms with Crippen LogP contribution in [0.5, 0.6) is 5.75 Å². The number of nitrogen functional groups attached to an aromatic ring is 1. The van der Waals surface area contributed by atoms with Gasteiger partial charge in [0.15, 0.2) is 5.69 Å². The molecule has 3 N–H and O–H groups in total. The van der Waals surface area contributed by atoms with Gasteiger partial charge in [0.2, 0.25) is 0 Å². The fraction of sp³-hybridized carbons (Fsp3) is 0.0769. The fourth-order valence-corrected chi connectivity index (χ4v) is 1.55. The van der Waals surface area contributed by atoms with Crippen LogP contribution in [0.1, 0.15) is 10.5 Å². The Balaban J connectivity index is 2.29. The zero-order valence-corrected chi connectivity index (χ0v) is 9.87. The average molecular weight is 243 g/mol. The Bertz CT molecular complexity index is 567. The maximum Gasteiger partial charge on any atom is 0.278 e. The molecule has 0 bridgehead atoms. The second-order valence-corrected chi connectivity index (χ2v) is 3.82. The number of hydrogen-bond donors (Lipinski definition) is 2. The maximum absolute atomic E-state index is 12.2. The monoisotopic (exact) mass is 243 g/mol. The Hall–Kier alpha value is -2.56. The van der Waals surface area contributed by atoms with Gasteiger partial charge < -0.3 is 15.7 Å². The van der Waals surface area contributed by atoms with Crippen molar-refractivity contribution < 1.29 is 9.90 Å². The molecule has 0 unspecified atom stereocenters. The summed E-state index contributed by atoms with van der Waals surface area (Å²) in [5.41, 5.74) is 6.92. The molecule has 1 heterocycles. The molecule has 1 aromatic carbocycles. The van der Waals surface area contributed by atoms with Crippen molar-refractivity contribution in [2.45, 2.75) is 0 Å². The molecule has 0 saturated carbocycles. The maximum atomic E-state index is 12.2. The normalized spacial score (nSPS) is 10.1. The first-order chi connectivity index (χ1) is 8.59. The number of phenols is 1. The van der Waals surface area contributed by atoms with Crippen molar-refractivity contribution in [2.75, 3.05) is 17.7 Å². The predicted molar refractivity (Wildman–Crippen MR) is 69.5 cm³/mol. The molecule has 0 saturated heterocycles. The van der Waals surface area contributed by atoms with Crippen LogP contribution < -0.4 is 10.6 Å². The third-order valence-electron chi connectivity index (χ3n) is 2.58. The fourth-order valence-electron chi connectivity index (χ4n) is 1.55. The van der Waals surface area contributed by atoms with Crippen LogP contribution in [0.2, 0.25) is 0 Å². The molecule has 0 spiro atoms. The lowest BCUT2D eigenvalue weighted by Gasteiger charge is -2.17. The number of phenolic OH excluding ortho intramolecular Hbond substituents is 1. The van der Waals surface area contributed by atoms with Crippen molar-refractivity contribution in [1.82, 2.24) is 4.98 Å². The van der Waals surface area contributed by atoms with Crippen molar-refractivity contribution in [2.24, 2.45) is 0 Å². The van der Waals surface area contributed by atoms with Crippen molar-refractivity contribution in [3.8, 4) is 5.75 Å². The molecule has 0 aliphatic heterocycles. The summed E-state index contributed by atoms with van der Waals surface area (Å²) in [5.74, 6) is -0.143. The van der Waals surface area contributed by atoms with Gasteiger partial charge in [0.1, 0.15) is 5.75 Å². The number of nitrogens with two attached hydrogens (primary N) is 1. The SMILES string of the molecule is CN(C(=O)c1ncccc1N)c1ccc(O)cc1. The number of pyridine rings is 1. The molecular formula is C13H13N3O2. The van der Waals surface area contributed by atoms with E-state index in [9.17, 15) is 9.90 Å². The summed E-state index contributed by atoms with van der Waals surface area (Å²) >= 11 is 0. The van der Waals surface area contributed by atoms with Gasteiger partial charge in [-0.05, 0) is 36.4 Å². The number of amides is 1. The second-order valence-electron chi connectivity index (χ2n) is 3.82. The van der Waals surface area contributed by atoms with Crippen LogP contribution in [0.4, 0.5) is 11.4 Å². The highest BCUT2D eigenvalue weighted by Crippen LogP contribution is 2.20. The van der Waals surface area contributed by atoms with E-state index in [1.54, 1.807) is 31.3 Å². The van der Waals surface area contributed by atoms with Gasteiger partial charge in [0.25, 0.3) is 5.91 Å². The first-order valence-electron chi connectivity index (χ1n) is 5.37. The van der Waals surface area contributed by atoms with Crippen LogP contribution in [-0.2, 0) is 0 Å². The first-order valence-corrected chi connectivity index (χ1v) is 5.37. The number of rotatable bonds is 2. The molecular weight excluding hydrogens is 230 g/mol. The standard InChI is InChI=1S/C13H13N3O2/c1-16(9-4-6-10(17)7-5-9)13(18)12-11(14)3-2-8-15-12/h2-8,17H,14H2,1H3. The molecule has 0 atom stereocenters. The first kappa shape index (κ1) is 11.9. The summed E-state index contributed by atoms with van der Waals surface area (Å²) in [5, 5.41) is 9.20. The van der Waals surface area contributed by atoms with Gasteiger partial charge in [0.05, 0.1) is 5.69 Å². The van der Waals surface area contributed by atoms with E-state index < -0.39 is 0 Å². The van der Waals surface area contributed by atoms with Crippen LogP contribution in [0.3, 0.4) is 0 Å². The van der Waals surface area contributed by atoms with E-state index in [1.807, 2.05) is 0 Å². The highest BCUT2D eigenvalue weighted by molar-refractivity contribution is 6.07. The number of carbonyl (C=O) groups is 1. The number of nitrogens with zero attached hydrogens (tertiary/aromatic N) is 2. The Morgan fingerprint density at radius 1 is 1.28 bits per heavy atom. The van der Waals surface area contributed by atoms with Crippen molar-refractivity contribution in [3.05, 3.63) is 48.3 Å². The predicted octanol–water partition coefficient (Wildman–Crippen LogP) is 1.65. The van der Waals surface area contributed by atoms with Gasteiger partial charge in [-0.25, -0.2) is 4.98 Å². The van der Waals surface area contributed by atoms with E-state index in [0.717, 1.165) is 0 Å². The molecule has 0 fully saturated rings. The van der Waals surface area contributed by atoms with Crippen LogP contribution >= 0.6 is 0 Å².